The first kappa shape index (κ1) is 14.0. The Labute approximate surface area is 104 Å². The Bertz CT molecular complexity index is 313. The molecule has 0 aliphatic heterocycles. The molecule has 0 aromatic heterocycles. The van der Waals surface area contributed by atoms with Crippen molar-refractivity contribution in [2.75, 3.05) is 20.3 Å². The molecule has 96 valence electrons. The molecule has 3 nitrogen and oxygen atoms in total. The number of ether oxygens (including phenoxy) is 2. The normalized spacial score (nSPS) is 10.8. The Morgan fingerprint density at radius 3 is 2.65 bits per heavy atom. The van der Waals surface area contributed by atoms with Crippen LogP contribution < -0.4 is 10.1 Å². The summed E-state index contributed by atoms with van der Waals surface area (Å²) in [5.41, 5.74) is 1.21. The number of methoxy groups -OCH3 is 1. The van der Waals surface area contributed by atoms with E-state index in [1.165, 1.54) is 5.56 Å². The molecule has 1 rings (SSSR count). The fraction of sp³-hybridized carbons (Fsp3) is 0.571. The van der Waals surface area contributed by atoms with Crippen LogP contribution in [0.1, 0.15) is 25.8 Å². The molecule has 0 radical (unpaired) electrons. The van der Waals surface area contributed by atoms with Crippen molar-refractivity contribution < 1.29 is 9.47 Å². The molecule has 0 saturated carbocycles. The van der Waals surface area contributed by atoms with Crippen LogP contribution in [0.4, 0.5) is 0 Å². The molecule has 3 heteroatoms. The molecule has 1 N–H and O–H groups in total. The summed E-state index contributed by atoms with van der Waals surface area (Å²) in [6.07, 6.45) is 0.919. The van der Waals surface area contributed by atoms with Gasteiger partial charge in [0.05, 0.1) is 6.61 Å². The summed E-state index contributed by atoms with van der Waals surface area (Å²) in [4.78, 5) is 0. The molecule has 0 atom stereocenters. The number of para-hydroxylation sites is 1. The first-order chi connectivity index (χ1) is 8.24. The molecule has 1 aromatic rings. The van der Waals surface area contributed by atoms with Gasteiger partial charge in [-0.15, -0.1) is 0 Å². The van der Waals surface area contributed by atoms with Gasteiger partial charge in [0.1, 0.15) is 5.75 Å². The lowest BCUT2D eigenvalue weighted by molar-refractivity contribution is 0.171. The van der Waals surface area contributed by atoms with Gasteiger partial charge >= 0.3 is 0 Å². The predicted octanol–water partition coefficient (Wildman–Crippen LogP) is 2.60. The van der Waals surface area contributed by atoms with Gasteiger partial charge in [0, 0.05) is 38.3 Å². The van der Waals surface area contributed by atoms with Crippen molar-refractivity contribution in [3.05, 3.63) is 29.8 Å². The Balaban J connectivity index is 2.46. The second-order valence-electron chi connectivity index (χ2n) is 4.34. The topological polar surface area (TPSA) is 30.5 Å². The monoisotopic (exact) mass is 237 g/mol. The van der Waals surface area contributed by atoms with Crippen LogP contribution in [0, 0.1) is 0 Å². The van der Waals surface area contributed by atoms with E-state index >= 15 is 0 Å². The fourth-order valence-electron chi connectivity index (χ4n) is 1.49. The van der Waals surface area contributed by atoms with Crippen LogP contribution in [0.25, 0.3) is 0 Å². The van der Waals surface area contributed by atoms with Gasteiger partial charge in [0.15, 0.2) is 0 Å². The zero-order valence-corrected chi connectivity index (χ0v) is 11.0. The molecule has 0 heterocycles. The van der Waals surface area contributed by atoms with Crippen molar-refractivity contribution in [2.24, 2.45) is 0 Å². The summed E-state index contributed by atoms with van der Waals surface area (Å²) in [6.45, 7) is 6.57. The maximum absolute atomic E-state index is 5.75. The highest BCUT2D eigenvalue weighted by Gasteiger charge is 2.03. The van der Waals surface area contributed by atoms with Crippen LogP contribution in [0.2, 0.25) is 0 Å². The average Bonchev–Trinajstić information content (AvgIpc) is 2.33. The Kier molecular flexibility index (Phi) is 6.67. The quantitative estimate of drug-likeness (QED) is 0.705. The van der Waals surface area contributed by atoms with Crippen molar-refractivity contribution in [2.45, 2.75) is 32.9 Å². The van der Waals surface area contributed by atoms with Gasteiger partial charge in [-0.2, -0.15) is 0 Å². The average molecular weight is 237 g/mol. The maximum atomic E-state index is 5.75. The van der Waals surface area contributed by atoms with Gasteiger partial charge in [0.2, 0.25) is 0 Å². The van der Waals surface area contributed by atoms with Gasteiger partial charge in [-0.1, -0.05) is 32.0 Å². The Hall–Kier alpha value is -1.06. The van der Waals surface area contributed by atoms with E-state index in [4.69, 9.17) is 9.47 Å². The highest BCUT2D eigenvalue weighted by molar-refractivity contribution is 5.33. The van der Waals surface area contributed by atoms with Crippen molar-refractivity contribution in [1.29, 1.82) is 0 Å². The van der Waals surface area contributed by atoms with Crippen LogP contribution in [-0.2, 0) is 11.3 Å². The van der Waals surface area contributed by atoms with Crippen LogP contribution in [-0.4, -0.2) is 26.4 Å². The molecule has 0 unspecified atom stereocenters. The van der Waals surface area contributed by atoms with E-state index in [0.29, 0.717) is 12.6 Å². The molecular formula is C14H23NO2. The van der Waals surface area contributed by atoms with E-state index in [1.807, 2.05) is 18.2 Å². The summed E-state index contributed by atoms with van der Waals surface area (Å²) in [5.74, 6) is 0.969. The van der Waals surface area contributed by atoms with E-state index in [-0.39, 0.29) is 0 Å². The standard InChI is InChI=1S/C14H23NO2/c1-12(2)15-11-13-7-4-5-8-14(13)17-10-6-9-16-3/h4-5,7-8,12,15H,6,9-11H2,1-3H3. The van der Waals surface area contributed by atoms with E-state index in [9.17, 15) is 0 Å². The van der Waals surface area contributed by atoms with Crippen LogP contribution in [0.5, 0.6) is 5.75 Å². The van der Waals surface area contributed by atoms with Crippen molar-refractivity contribution in [3.8, 4) is 5.75 Å². The smallest absolute Gasteiger partial charge is 0.123 e. The molecule has 0 spiro atoms. The van der Waals surface area contributed by atoms with Crippen LogP contribution in [0.15, 0.2) is 24.3 Å². The SMILES string of the molecule is COCCCOc1ccccc1CNC(C)C. The first-order valence-electron chi connectivity index (χ1n) is 6.17. The molecule has 0 bridgehead atoms. The summed E-state index contributed by atoms with van der Waals surface area (Å²) >= 11 is 0. The number of hydrogen-bond acceptors (Lipinski definition) is 3. The Morgan fingerprint density at radius 1 is 1.18 bits per heavy atom. The highest BCUT2D eigenvalue weighted by atomic mass is 16.5. The lowest BCUT2D eigenvalue weighted by Gasteiger charge is -2.13. The largest absolute Gasteiger partial charge is 0.493 e. The zero-order chi connectivity index (χ0) is 12.5. The minimum atomic E-state index is 0.483. The molecule has 0 saturated heterocycles. The summed E-state index contributed by atoms with van der Waals surface area (Å²) in [6, 6.07) is 8.64. The lowest BCUT2D eigenvalue weighted by Crippen LogP contribution is -2.22. The van der Waals surface area contributed by atoms with Gasteiger partial charge in [-0.05, 0) is 6.07 Å². The van der Waals surface area contributed by atoms with Gasteiger partial charge < -0.3 is 14.8 Å². The number of benzene rings is 1. The first-order valence-corrected chi connectivity index (χ1v) is 6.17. The van der Waals surface area contributed by atoms with Gasteiger partial charge in [0.25, 0.3) is 0 Å². The van der Waals surface area contributed by atoms with Crippen molar-refractivity contribution in [1.82, 2.24) is 5.32 Å². The number of nitrogens with one attached hydrogen (secondary N) is 1. The van der Waals surface area contributed by atoms with Crippen LogP contribution in [0.3, 0.4) is 0 Å². The lowest BCUT2D eigenvalue weighted by atomic mass is 10.2. The summed E-state index contributed by atoms with van der Waals surface area (Å²) < 4.78 is 10.7. The van der Waals surface area contributed by atoms with E-state index in [0.717, 1.165) is 25.3 Å². The van der Waals surface area contributed by atoms with E-state index in [2.05, 4.69) is 25.2 Å². The van der Waals surface area contributed by atoms with Crippen molar-refractivity contribution in [3.63, 3.8) is 0 Å². The predicted molar refractivity (Wildman–Crippen MR) is 70.4 cm³/mol. The number of hydrogen-bond donors (Lipinski definition) is 1. The minimum Gasteiger partial charge on any atom is -0.493 e. The minimum absolute atomic E-state index is 0.483. The second kappa shape index (κ2) is 8.09. The number of rotatable bonds is 8. The third-order valence-electron chi connectivity index (χ3n) is 2.42. The second-order valence-corrected chi connectivity index (χ2v) is 4.34. The molecule has 0 aliphatic carbocycles. The van der Waals surface area contributed by atoms with E-state index in [1.54, 1.807) is 7.11 Å². The molecule has 0 amide bonds. The molecule has 0 fully saturated rings. The molecule has 17 heavy (non-hydrogen) atoms. The fourth-order valence-corrected chi connectivity index (χ4v) is 1.49. The molecule has 0 aliphatic rings. The van der Waals surface area contributed by atoms with Gasteiger partial charge in [-0.25, -0.2) is 0 Å². The van der Waals surface area contributed by atoms with Crippen LogP contribution >= 0.6 is 0 Å². The van der Waals surface area contributed by atoms with Gasteiger partial charge in [-0.3, -0.25) is 0 Å². The third-order valence-corrected chi connectivity index (χ3v) is 2.42. The summed E-state index contributed by atoms with van der Waals surface area (Å²) in [7, 11) is 1.71. The maximum Gasteiger partial charge on any atom is 0.123 e. The van der Waals surface area contributed by atoms with E-state index < -0.39 is 0 Å². The molecular weight excluding hydrogens is 214 g/mol. The third kappa shape index (κ3) is 5.71. The highest BCUT2D eigenvalue weighted by Crippen LogP contribution is 2.18. The molecule has 1 aromatic carbocycles. The zero-order valence-electron chi connectivity index (χ0n) is 11.0. The Morgan fingerprint density at radius 2 is 1.94 bits per heavy atom. The summed E-state index contributed by atoms with van der Waals surface area (Å²) in [5, 5.41) is 3.40. The van der Waals surface area contributed by atoms with Crippen molar-refractivity contribution >= 4 is 0 Å².